The Balaban J connectivity index is 1.88. The van der Waals surface area contributed by atoms with Crippen LogP contribution in [0.4, 0.5) is 0 Å². The summed E-state index contributed by atoms with van der Waals surface area (Å²) in [6.07, 6.45) is 0.385. The third-order valence-corrected chi connectivity index (χ3v) is 7.98. The number of nitrogens with zero attached hydrogens (tertiary/aromatic N) is 1. The Kier molecular flexibility index (Phi) is 11.8. The average Bonchev–Trinajstić information content (AvgIpc) is 2.88. The van der Waals surface area contributed by atoms with Crippen molar-refractivity contribution in [3.63, 3.8) is 0 Å². The van der Waals surface area contributed by atoms with E-state index in [-0.39, 0.29) is 30.0 Å². The van der Waals surface area contributed by atoms with Crippen molar-refractivity contribution in [1.82, 2.24) is 10.2 Å². The average molecular weight is 622 g/mol. The van der Waals surface area contributed by atoms with Gasteiger partial charge in [0.15, 0.2) is 0 Å². The number of hydrogen-bond acceptors (Lipinski definition) is 3. The standard InChI is InChI=1S/C29H31BrCl2N2O2S/c1-20(2)16-33-29(36)27(15-21-7-4-3-5-8-21)34(17-24-25(31)9-6-10-26(24)32)28(35)19-37-18-22-11-13-23(30)14-12-22/h3-14,20,27H,15-19H2,1-2H3,(H,33,36)/t27-/m0/s1. The highest BCUT2D eigenvalue weighted by molar-refractivity contribution is 9.10. The van der Waals surface area contributed by atoms with Crippen LogP contribution in [0.5, 0.6) is 0 Å². The molecule has 8 heteroatoms. The minimum atomic E-state index is -0.714. The fourth-order valence-electron chi connectivity index (χ4n) is 3.75. The summed E-state index contributed by atoms with van der Waals surface area (Å²) in [5.41, 5.74) is 2.72. The van der Waals surface area contributed by atoms with Crippen LogP contribution in [0.2, 0.25) is 10.0 Å². The molecule has 3 rings (SSSR count). The zero-order valence-corrected chi connectivity index (χ0v) is 24.8. The van der Waals surface area contributed by atoms with E-state index in [1.165, 1.54) is 11.8 Å². The van der Waals surface area contributed by atoms with E-state index in [1.54, 1.807) is 23.1 Å². The van der Waals surface area contributed by atoms with E-state index in [4.69, 9.17) is 23.2 Å². The van der Waals surface area contributed by atoms with Crippen molar-refractivity contribution in [3.8, 4) is 0 Å². The summed E-state index contributed by atoms with van der Waals surface area (Å²) in [6.45, 7) is 4.75. The number of thioether (sulfide) groups is 1. The van der Waals surface area contributed by atoms with E-state index in [2.05, 4.69) is 21.2 Å². The second-order valence-corrected chi connectivity index (χ2v) is 11.9. The first kappa shape index (κ1) is 29.6. The van der Waals surface area contributed by atoms with Crippen molar-refractivity contribution in [1.29, 1.82) is 0 Å². The van der Waals surface area contributed by atoms with Crippen molar-refractivity contribution >= 4 is 62.7 Å². The zero-order valence-electron chi connectivity index (χ0n) is 20.9. The lowest BCUT2D eigenvalue weighted by molar-refractivity contribution is -0.139. The maximum Gasteiger partial charge on any atom is 0.243 e. The molecule has 37 heavy (non-hydrogen) atoms. The second kappa shape index (κ2) is 14.8. The zero-order chi connectivity index (χ0) is 26.8. The van der Waals surface area contributed by atoms with E-state index < -0.39 is 6.04 Å². The van der Waals surface area contributed by atoms with Gasteiger partial charge in [0.1, 0.15) is 6.04 Å². The molecule has 0 aromatic heterocycles. The fourth-order valence-corrected chi connectivity index (χ4v) is 5.40. The van der Waals surface area contributed by atoms with E-state index in [0.29, 0.717) is 34.3 Å². The molecule has 2 amide bonds. The molecule has 0 aliphatic carbocycles. The van der Waals surface area contributed by atoms with Crippen LogP contribution in [0.3, 0.4) is 0 Å². The third-order valence-electron chi connectivity index (χ3n) is 5.75. The van der Waals surface area contributed by atoms with Crippen molar-refractivity contribution in [2.45, 2.75) is 38.6 Å². The van der Waals surface area contributed by atoms with Gasteiger partial charge in [-0.25, -0.2) is 0 Å². The molecule has 1 atom stereocenters. The maximum absolute atomic E-state index is 13.7. The number of amides is 2. The number of hydrogen-bond donors (Lipinski definition) is 1. The largest absolute Gasteiger partial charge is 0.354 e. The molecule has 3 aromatic carbocycles. The van der Waals surface area contributed by atoms with Gasteiger partial charge >= 0.3 is 0 Å². The lowest BCUT2D eigenvalue weighted by atomic mass is 10.0. The van der Waals surface area contributed by atoms with Crippen LogP contribution in [0.1, 0.15) is 30.5 Å². The Morgan fingerprint density at radius 1 is 0.919 bits per heavy atom. The van der Waals surface area contributed by atoms with Gasteiger partial charge in [-0.3, -0.25) is 9.59 Å². The Labute approximate surface area is 242 Å². The minimum absolute atomic E-state index is 0.140. The highest BCUT2D eigenvalue weighted by Gasteiger charge is 2.31. The normalized spacial score (nSPS) is 11.8. The molecule has 3 aromatic rings. The summed E-state index contributed by atoms with van der Waals surface area (Å²) >= 11 is 17.9. The molecule has 0 bridgehead atoms. The predicted molar refractivity (Wildman–Crippen MR) is 159 cm³/mol. The molecule has 0 aliphatic rings. The van der Waals surface area contributed by atoms with Crippen LogP contribution in [-0.4, -0.2) is 35.1 Å². The van der Waals surface area contributed by atoms with E-state index >= 15 is 0 Å². The van der Waals surface area contributed by atoms with Gasteiger partial charge in [0.25, 0.3) is 0 Å². The molecule has 0 heterocycles. The highest BCUT2D eigenvalue weighted by Crippen LogP contribution is 2.28. The molecule has 4 nitrogen and oxygen atoms in total. The van der Waals surface area contributed by atoms with E-state index in [1.807, 2.05) is 68.4 Å². The summed E-state index contributed by atoms with van der Waals surface area (Å²) in [6, 6.07) is 22.3. The summed E-state index contributed by atoms with van der Waals surface area (Å²) in [7, 11) is 0. The molecule has 0 aliphatic heterocycles. The van der Waals surface area contributed by atoms with Gasteiger partial charge in [0.2, 0.25) is 11.8 Å². The minimum Gasteiger partial charge on any atom is -0.354 e. The van der Waals surface area contributed by atoms with Crippen molar-refractivity contribution in [2.75, 3.05) is 12.3 Å². The number of nitrogens with one attached hydrogen (secondary N) is 1. The van der Waals surface area contributed by atoms with E-state index in [9.17, 15) is 9.59 Å². The van der Waals surface area contributed by atoms with Crippen LogP contribution in [0.15, 0.2) is 77.3 Å². The SMILES string of the molecule is CC(C)CNC(=O)[C@H](Cc1ccccc1)N(Cc1c(Cl)cccc1Cl)C(=O)CSCc1ccc(Br)cc1. The van der Waals surface area contributed by atoms with Gasteiger partial charge in [-0.2, -0.15) is 0 Å². The fraction of sp³-hybridized carbons (Fsp3) is 0.310. The molecule has 1 N–H and O–H groups in total. The Morgan fingerprint density at radius 2 is 1.57 bits per heavy atom. The van der Waals surface area contributed by atoms with Gasteiger partial charge in [-0.05, 0) is 41.3 Å². The molecule has 0 radical (unpaired) electrons. The second-order valence-electron chi connectivity index (χ2n) is 9.19. The van der Waals surface area contributed by atoms with Crippen molar-refractivity contribution < 1.29 is 9.59 Å². The molecule has 0 unspecified atom stereocenters. The molecular weight excluding hydrogens is 591 g/mol. The summed E-state index contributed by atoms with van der Waals surface area (Å²) in [5.74, 6) is 0.861. The first-order chi connectivity index (χ1) is 17.7. The third kappa shape index (κ3) is 9.36. The van der Waals surface area contributed by atoms with Gasteiger partial charge in [0, 0.05) is 45.3 Å². The summed E-state index contributed by atoms with van der Waals surface area (Å²) in [4.78, 5) is 28.9. The highest BCUT2D eigenvalue weighted by atomic mass is 79.9. The monoisotopic (exact) mass is 620 g/mol. The smallest absolute Gasteiger partial charge is 0.243 e. The number of carbonyl (C=O) groups excluding carboxylic acids is 2. The van der Waals surface area contributed by atoms with Crippen LogP contribution < -0.4 is 5.32 Å². The van der Waals surface area contributed by atoms with Crippen molar-refractivity contribution in [3.05, 3.63) is 104 Å². The lowest BCUT2D eigenvalue weighted by Gasteiger charge is -2.32. The summed E-state index contributed by atoms with van der Waals surface area (Å²) in [5, 5.41) is 3.96. The lowest BCUT2D eigenvalue weighted by Crippen LogP contribution is -2.51. The quantitative estimate of drug-likeness (QED) is 0.229. The van der Waals surface area contributed by atoms with Gasteiger partial charge < -0.3 is 10.2 Å². The molecule has 0 spiro atoms. The first-order valence-electron chi connectivity index (χ1n) is 12.1. The van der Waals surface area contributed by atoms with Gasteiger partial charge in [-0.1, -0.05) is 102 Å². The molecule has 196 valence electrons. The van der Waals surface area contributed by atoms with Crippen molar-refractivity contribution in [2.24, 2.45) is 5.92 Å². The number of rotatable bonds is 12. The Morgan fingerprint density at radius 3 is 2.19 bits per heavy atom. The first-order valence-corrected chi connectivity index (χ1v) is 14.8. The number of benzene rings is 3. The Hall–Kier alpha value is -1.99. The van der Waals surface area contributed by atoms with Gasteiger partial charge in [0.05, 0.1) is 5.75 Å². The predicted octanol–water partition coefficient (Wildman–Crippen LogP) is 7.40. The van der Waals surface area contributed by atoms with Crippen LogP contribution in [0, 0.1) is 5.92 Å². The van der Waals surface area contributed by atoms with Crippen LogP contribution >= 0.6 is 50.9 Å². The maximum atomic E-state index is 13.7. The number of halogens is 3. The summed E-state index contributed by atoms with van der Waals surface area (Å²) < 4.78 is 1.01. The molecule has 0 fully saturated rings. The van der Waals surface area contributed by atoms with E-state index in [0.717, 1.165) is 15.6 Å². The Bertz CT molecular complexity index is 1160. The number of carbonyl (C=O) groups is 2. The topological polar surface area (TPSA) is 49.4 Å². The van der Waals surface area contributed by atoms with Crippen LogP contribution in [-0.2, 0) is 28.3 Å². The molecule has 0 saturated heterocycles. The van der Waals surface area contributed by atoms with Crippen LogP contribution in [0.25, 0.3) is 0 Å². The molecule has 0 saturated carbocycles. The van der Waals surface area contributed by atoms with Gasteiger partial charge in [-0.15, -0.1) is 11.8 Å². The molecular formula is C29H31BrCl2N2O2S.